The van der Waals surface area contributed by atoms with Crippen LogP contribution in [0.1, 0.15) is 69.0 Å². The molecule has 2 amide bonds. The number of ether oxygens (including phenoxy) is 2. The summed E-state index contributed by atoms with van der Waals surface area (Å²) < 4.78 is 16.7. The molecule has 4 aromatic rings. The van der Waals surface area contributed by atoms with Gasteiger partial charge in [0.05, 0.1) is 12.1 Å². The summed E-state index contributed by atoms with van der Waals surface area (Å²) in [4.78, 5) is 23.7. The Bertz CT molecular complexity index is 1520. The molecular weight excluding hydrogens is 609 g/mol. The Morgan fingerprint density at radius 1 is 0.660 bits per heavy atom. The van der Waals surface area contributed by atoms with Gasteiger partial charge in [0.2, 0.25) is 8.32 Å². The van der Waals surface area contributed by atoms with Crippen molar-refractivity contribution in [1.82, 2.24) is 10.6 Å². The first kappa shape index (κ1) is 36.7. The Hall–Kier alpha value is -4.76. The maximum atomic E-state index is 12.0. The van der Waals surface area contributed by atoms with Crippen molar-refractivity contribution >= 4 is 20.5 Å². The van der Waals surface area contributed by atoms with Crippen LogP contribution in [0, 0.1) is 0 Å². The highest BCUT2D eigenvalue weighted by molar-refractivity contribution is 6.74. The molecule has 4 aromatic carbocycles. The Morgan fingerprint density at radius 2 is 1.04 bits per heavy atom. The van der Waals surface area contributed by atoms with Crippen molar-refractivity contribution in [3.8, 4) is 11.5 Å². The van der Waals surface area contributed by atoms with Crippen LogP contribution in [0.25, 0.3) is 0 Å². The van der Waals surface area contributed by atoms with Crippen LogP contribution in [0.4, 0.5) is 9.59 Å². The molecule has 0 radical (unpaired) electrons. The summed E-state index contributed by atoms with van der Waals surface area (Å²) in [6, 6.07) is 33.4. The van der Waals surface area contributed by atoms with Gasteiger partial charge in [-0.25, -0.2) is 9.59 Å². The van der Waals surface area contributed by atoms with Crippen LogP contribution < -0.4 is 15.1 Å². The zero-order valence-electron chi connectivity index (χ0n) is 28.4. The number of phenolic OH excluding ortho intramolecular Hbond substituents is 1. The second-order valence-corrected chi connectivity index (χ2v) is 17.6. The Balaban J connectivity index is 0.000000267. The van der Waals surface area contributed by atoms with E-state index in [9.17, 15) is 14.7 Å². The van der Waals surface area contributed by atoms with Crippen molar-refractivity contribution < 1.29 is 28.6 Å². The molecule has 0 saturated heterocycles. The minimum atomic E-state index is -1.85. The van der Waals surface area contributed by atoms with E-state index in [1.54, 1.807) is 24.3 Å². The summed E-state index contributed by atoms with van der Waals surface area (Å²) >= 11 is 0. The summed E-state index contributed by atoms with van der Waals surface area (Å²) in [6.45, 7) is 15.4. The third kappa shape index (κ3) is 12.5. The molecule has 0 aliphatic carbocycles. The molecule has 47 heavy (non-hydrogen) atoms. The van der Waals surface area contributed by atoms with Crippen LogP contribution >= 0.6 is 0 Å². The van der Waals surface area contributed by atoms with Crippen LogP contribution in [0.2, 0.25) is 18.1 Å². The molecule has 250 valence electrons. The maximum absolute atomic E-state index is 12.0. The second kappa shape index (κ2) is 17.2. The molecule has 0 unspecified atom stereocenters. The molecule has 9 heteroatoms. The van der Waals surface area contributed by atoms with Crippen molar-refractivity contribution in [2.75, 3.05) is 0 Å². The van der Waals surface area contributed by atoms with E-state index < -0.39 is 20.5 Å². The first-order valence-corrected chi connectivity index (χ1v) is 18.7. The van der Waals surface area contributed by atoms with Gasteiger partial charge in [0.15, 0.2) is 0 Å². The molecule has 2 atom stereocenters. The first-order chi connectivity index (χ1) is 22.2. The summed E-state index contributed by atoms with van der Waals surface area (Å²) in [7, 11) is -1.85. The highest BCUT2D eigenvalue weighted by Gasteiger charge is 2.38. The number of carbonyl (C=O) groups excluding carboxylic acids is 2. The molecule has 0 fully saturated rings. The lowest BCUT2D eigenvalue weighted by atomic mass is 10.1. The molecule has 0 saturated carbocycles. The summed E-state index contributed by atoms with van der Waals surface area (Å²) in [5, 5.41) is 15.0. The number of nitrogens with one attached hydrogen (secondary N) is 2. The van der Waals surface area contributed by atoms with E-state index >= 15 is 0 Å². The number of amides is 2. The molecule has 8 nitrogen and oxygen atoms in total. The standard InChI is InChI=1S/C22H31NO3Si.C16H17NO3/c1-17(23-21(24)25-16-18-10-8-7-9-11-18)19-12-14-20(15-13-19)26-27(5,6)22(2,3)4;1-12(14-7-9-15(18)10-8-14)17-16(19)20-11-13-5-3-2-4-6-13/h7-15,17H,16H2,1-6H3,(H,23,24);2-10,12,18H,11H2,1H3,(H,17,19)/t17-;12-/m00/s1. The fourth-order valence-corrected chi connectivity index (χ4v) is 5.12. The average Bonchev–Trinajstić information content (AvgIpc) is 3.04. The number of hydrogen-bond acceptors (Lipinski definition) is 6. The van der Waals surface area contributed by atoms with Crippen LogP contribution in [0.3, 0.4) is 0 Å². The monoisotopic (exact) mass is 656 g/mol. The molecular formula is C38H48N2O6Si. The van der Waals surface area contributed by atoms with E-state index in [0.717, 1.165) is 28.0 Å². The molecule has 0 heterocycles. The van der Waals surface area contributed by atoms with Crippen LogP contribution in [0.15, 0.2) is 109 Å². The largest absolute Gasteiger partial charge is 0.544 e. The van der Waals surface area contributed by atoms with E-state index in [0.29, 0.717) is 0 Å². The van der Waals surface area contributed by atoms with E-state index in [1.165, 1.54) is 0 Å². The molecule has 0 aliphatic heterocycles. The predicted octanol–water partition coefficient (Wildman–Crippen LogP) is 9.44. The summed E-state index contributed by atoms with van der Waals surface area (Å²) in [5.41, 5.74) is 3.82. The molecule has 3 N–H and O–H groups in total. The zero-order valence-corrected chi connectivity index (χ0v) is 29.4. The van der Waals surface area contributed by atoms with Gasteiger partial charge in [-0.15, -0.1) is 0 Å². The quantitative estimate of drug-likeness (QED) is 0.147. The third-order valence-corrected chi connectivity index (χ3v) is 12.4. The minimum absolute atomic E-state index is 0.143. The van der Waals surface area contributed by atoms with Crippen LogP contribution in [-0.2, 0) is 22.7 Å². The SMILES string of the molecule is C[C@H](NC(=O)OCc1ccccc1)c1ccc(O)cc1.C[C@H](NC(=O)OCc1ccccc1)c1ccc(O[Si](C)(C)C(C)(C)C)cc1. The number of phenols is 1. The smallest absolute Gasteiger partial charge is 0.407 e. The van der Waals surface area contributed by atoms with Crippen molar-refractivity contribution in [1.29, 1.82) is 0 Å². The van der Waals surface area contributed by atoms with Gasteiger partial charge >= 0.3 is 12.2 Å². The summed E-state index contributed by atoms with van der Waals surface area (Å²) in [5.74, 6) is 1.08. The van der Waals surface area contributed by atoms with Gasteiger partial charge in [-0.2, -0.15) is 0 Å². The average molecular weight is 657 g/mol. The number of benzene rings is 4. The fourth-order valence-electron chi connectivity index (χ4n) is 4.09. The number of aromatic hydroxyl groups is 1. The molecule has 0 bridgehead atoms. The predicted molar refractivity (Wildman–Crippen MR) is 189 cm³/mol. The Labute approximate surface area is 280 Å². The fraction of sp³-hybridized carbons (Fsp3) is 0.316. The maximum Gasteiger partial charge on any atom is 0.407 e. The number of hydrogen-bond donors (Lipinski definition) is 3. The lowest BCUT2D eigenvalue weighted by molar-refractivity contribution is 0.135. The van der Waals surface area contributed by atoms with Crippen molar-refractivity contribution in [3.63, 3.8) is 0 Å². The topological polar surface area (TPSA) is 106 Å². The van der Waals surface area contributed by atoms with Gasteiger partial charge < -0.3 is 29.6 Å². The van der Waals surface area contributed by atoms with E-state index in [-0.39, 0.29) is 36.1 Å². The van der Waals surface area contributed by atoms with Gasteiger partial charge in [-0.1, -0.05) is 106 Å². The number of alkyl carbamates (subject to hydrolysis) is 2. The van der Waals surface area contributed by atoms with Crippen molar-refractivity contribution in [2.24, 2.45) is 0 Å². The third-order valence-electron chi connectivity index (χ3n) is 8.05. The van der Waals surface area contributed by atoms with Crippen molar-refractivity contribution in [2.45, 2.75) is 78.0 Å². The highest BCUT2D eigenvalue weighted by atomic mass is 28.4. The lowest BCUT2D eigenvalue weighted by Crippen LogP contribution is -2.43. The van der Waals surface area contributed by atoms with E-state index in [2.05, 4.69) is 44.5 Å². The van der Waals surface area contributed by atoms with Gasteiger partial charge in [0.25, 0.3) is 0 Å². The lowest BCUT2D eigenvalue weighted by Gasteiger charge is -2.36. The van der Waals surface area contributed by atoms with E-state index in [4.69, 9.17) is 13.9 Å². The molecule has 0 aromatic heterocycles. The van der Waals surface area contributed by atoms with Crippen molar-refractivity contribution in [3.05, 3.63) is 131 Å². The Kier molecular flexibility index (Phi) is 13.5. The normalized spacial score (nSPS) is 12.4. The first-order valence-electron chi connectivity index (χ1n) is 15.8. The van der Waals surface area contributed by atoms with Gasteiger partial charge in [-0.05, 0) is 78.5 Å². The van der Waals surface area contributed by atoms with Crippen LogP contribution in [0.5, 0.6) is 11.5 Å². The highest BCUT2D eigenvalue weighted by Crippen LogP contribution is 2.37. The molecule has 0 spiro atoms. The number of rotatable bonds is 10. The second-order valence-electron chi connectivity index (χ2n) is 12.9. The summed E-state index contributed by atoms with van der Waals surface area (Å²) in [6.07, 6.45) is -0.887. The zero-order chi connectivity index (χ0) is 34.5. The van der Waals surface area contributed by atoms with Gasteiger partial charge in [0, 0.05) is 0 Å². The minimum Gasteiger partial charge on any atom is -0.544 e. The Morgan fingerprint density at radius 3 is 1.43 bits per heavy atom. The van der Waals surface area contributed by atoms with E-state index in [1.807, 2.05) is 98.8 Å². The van der Waals surface area contributed by atoms with Gasteiger partial charge in [0.1, 0.15) is 24.7 Å². The number of carbonyl (C=O) groups is 2. The van der Waals surface area contributed by atoms with Gasteiger partial charge in [-0.3, -0.25) is 0 Å². The van der Waals surface area contributed by atoms with Crippen LogP contribution in [-0.4, -0.2) is 25.6 Å². The molecule has 4 rings (SSSR count). The molecule has 0 aliphatic rings.